The monoisotopic (exact) mass is 520 g/mol. The molecule has 0 aliphatic carbocycles. The van der Waals surface area contributed by atoms with Crippen LogP contribution in [-0.4, -0.2) is 49.3 Å². The summed E-state index contributed by atoms with van der Waals surface area (Å²) >= 11 is 1.61. The van der Waals surface area contributed by atoms with Gasteiger partial charge >= 0.3 is 0 Å². The fourth-order valence-electron chi connectivity index (χ4n) is 4.35. The Balaban J connectivity index is 1.55. The van der Waals surface area contributed by atoms with E-state index in [1.165, 1.54) is 0 Å². The van der Waals surface area contributed by atoms with Crippen molar-refractivity contribution in [3.05, 3.63) is 120 Å². The van der Waals surface area contributed by atoms with Crippen LogP contribution in [0.25, 0.3) is 0 Å². The van der Waals surface area contributed by atoms with E-state index in [4.69, 9.17) is 23.7 Å². The molecule has 1 saturated heterocycles. The Kier molecular flexibility index (Phi) is 11.2. The molecular weight excluding hydrogens is 484 g/mol. The first kappa shape index (κ1) is 27.6. The van der Waals surface area contributed by atoms with Crippen LogP contribution < -0.4 is 0 Å². The Hall–Kier alpha value is -2.45. The zero-order valence-corrected chi connectivity index (χ0v) is 22.1. The fraction of sp³-hybridized carbons (Fsp3) is 0.355. The summed E-state index contributed by atoms with van der Waals surface area (Å²) in [5, 5.41) is 0. The van der Waals surface area contributed by atoms with Gasteiger partial charge < -0.3 is 23.7 Å². The molecule has 0 N–H and O–H groups in total. The predicted molar refractivity (Wildman–Crippen MR) is 148 cm³/mol. The highest BCUT2D eigenvalue weighted by atomic mass is 32.2. The summed E-state index contributed by atoms with van der Waals surface area (Å²) in [4.78, 5) is 0. The highest BCUT2D eigenvalue weighted by Gasteiger charge is 2.48. The molecule has 6 heteroatoms. The summed E-state index contributed by atoms with van der Waals surface area (Å²) < 4.78 is 32.0. The van der Waals surface area contributed by atoms with Crippen molar-refractivity contribution >= 4 is 11.8 Å². The van der Waals surface area contributed by atoms with Crippen molar-refractivity contribution in [3.8, 4) is 0 Å². The van der Waals surface area contributed by atoms with Crippen molar-refractivity contribution in [1.29, 1.82) is 0 Å². The second-order valence-electron chi connectivity index (χ2n) is 8.89. The predicted octanol–water partition coefficient (Wildman–Crippen LogP) is 6.03. The average Bonchev–Trinajstić information content (AvgIpc) is 2.96. The summed E-state index contributed by atoms with van der Waals surface area (Å²) in [6.45, 7) is 6.00. The quantitative estimate of drug-likeness (QED) is 0.242. The maximum atomic E-state index is 6.57. The zero-order valence-electron chi connectivity index (χ0n) is 21.3. The summed E-state index contributed by atoms with van der Waals surface area (Å²) in [7, 11) is 0. The Morgan fingerprint density at radius 1 is 0.703 bits per heavy atom. The molecule has 3 aromatic rings. The molecule has 4 rings (SSSR count). The van der Waals surface area contributed by atoms with Gasteiger partial charge in [0.2, 0.25) is 0 Å². The minimum absolute atomic E-state index is 0.234. The van der Waals surface area contributed by atoms with Crippen LogP contribution in [-0.2, 0) is 43.5 Å². The van der Waals surface area contributed by atoms with Gasteiger partial charge in [0.15, 0.2) is 0 Å². The van der Waals surface area contributed by atoms with Crippen molar-refractivity contribution in [2.45, 2.75) is 49.7 Å². The van der Waals surface area contributed by atoms with E-state index in [-0.39, 0.29) is 23.7 Å². The van der Waals surface area contributed by atoms with Crippen molar-refractivity contribution in [2.75, 3.05) is 19.5 Å². The van der Waals surface area contributed by atoms with Crippen LogP contribution in [0.4, 0.5) is 0 Å². The van der Waals surface area contributed by atoms with E-state index in [2.05, 4.69) is 43.0 Å². The van der Waals surface area contributed by atoms with E-state index in [9.17, 15) is 0 Å². The van der Waals surface area contributed by atoms with E-state index in [1.807, 2.05) is 60.9 Å². The minimum atomic E-state index is -0.391. The van der Waals surface area contributed by atoms with Crippen molar-refractivity contribution in [1.82, 2.24) is 0 Å². The van der Waals surface area contributed by atoms with Crippen LogP contribution >= 0.6 is 11.8 Å². The normalized spacial score (nSPS) is 23.5. The molecule has 0 spiro atoms. The molecule has 37 heavy (non-hydrogen) atoms. The van der Waals surface area contributed by atoms with Crippen molar-refractivity contribution < 1.29 is 23.7 Å². The molecule has 0 bridgehead atoms. The lowest BCUT2D eigenvalue weighted by Crippen LogP contribution is -2.60. The van der Waals surface area contributed by atoms with Gasteiger partial charge in [-0.3, -0.25) is 0 Å². The highest BCUT2D eigenvalue weighted by molar-refractivity contribution is 7.99. The van der Waals surface area contributed by atoms with Gasteiger partial charge in [-0.25, -0.2) is 0 Å². The molecular formula is C31H36O5S. The Bertz CT molecular complexity index is 1030. The SMILES string of the molecule is C=CCOC1C(OCc2ccccc2)[C@H](OCc2ccccc2)C(COCc2ccccc2)O[C@H]1SC. The number of hydrogen-bond acceptors (Lipinski definition) is 6. The first-order valence-electron chi connectivity index (χ1n) is 12.6. The second-order valence-corrected chi connectivity index (χ2v) is 9.82. The van der Waals surface area contributed by atoms with Crippen LogP contribution in [0.5, 0.6) is 0 Å². The van der Waals surface area contributed by atoms with Gasteiger partial charge in [0.1, 0.15) is 29.9 Å². The van der Waals surface area contributed by atoms with Crippen LogP contribution in [0.15, 0.2) is 104 Å². The topological polar surface area (TPSA) is 46.2 Å². The highest BCUT2D eigenvalue weighted by Crippen LogP contribution is 2.34. The lowest BCUT2D eigenvalue weighted by Gasteiger charge is -2.45. The van der Waals surface area contributed by atoms with Gasteiger partial charge in [0.05, 0.1) is 33.0 Å². The van der Waals surface area contributed by atoms with Gasteiger partial charge in [-0.1, -0.05) is 97.1 Å². The molecule has 5 atom stereocenters. The fourth-order valence-corrected chi connectivity index (χ4v) is 5.10. The van der Waals surface area contributed by atoms with Crippen LogP contribution in [0.2, 0.25) is 0 Å². The van der Waals surface area contributed by atoms with Crippen LogP contribution in [0.3, 0.4) is 0 Å². The first-order valence-corrected chi connectivity index (χ1v) is 13.9. The molecule has 0 aromatic heterocycles. The Morgan fingerprint density at radius 2 is 1.22 bits per heavy atom. The Labute approximate surface area is 224 Å². The largest absolute Gasteiger partial charge is 0.374 e. The van der Waals surface area contributed by atoms with Gasteiger partial charge in [-0.2, -0.15) is 0 Å². The lowest BCUT2D eigenvalue weighted by molar-refractivity contribution is -0.250. The number of rotatable bonds is 14. The van der Waals surface area contributed by atoms with Gasteiger partial charge in [-0.15, -0.1) is 18.3 Å². The average molecular weight is 521 g/mol. The summed E-state index contributed by atoms with van der Waals surface area (Å²) in [6, 6.07) is 30.4. The number of ether oxygens (including phenoxy) is 5. The van der Waals surface area contributed by atoms with Gasteiger partial charge in [0.25, 0.3) is 0 Å². The van der Waals surface area contributed by atoms with Crippen LogP contribution in [0.1, 0.15) is 16.7 Å². The standard InChI is InChI=1S/C31H36O5S/c1-3-19-33-30-29(35-22-26-17-11-6-12-18-26)28(34-21-25-15-9-5-10-16-25)27(36-31(30)37-2)23-32-20-24-13-7-4-8-14-24/h3-18,27-31H,1,19-23H2,2H3/t27?,28-,29?,30?,31+/m1/s1. The maximum Gasteiger partial charge on any atom is 0.132 e. The minimum Gasteiger partial charge on any atom is -0.374 e. The van der Waals surface area contributed by atoms with Crippen molar-refractivity contribution in [2.24, 2.45) is 0 Å². The number of benzene rings is 3. The molecule has 0 amide bonds. The van der Waals surface area contributed by atoms with E-state index >= 15 is 0 Å². The molecule has 1 aliphatic heterocycles. The summed E-state index contributed by atoms with van der Waals surface area (Å²) in [5.41, 5.74) is 3.06. The van der Waals surface area contributed by atoms with E-state index in [0.29, 0.717) is 33.0 Å². The molecule has 1 heterocycles. The zero-order chi connectivity index (χ0) is 25.7. The third-order valence-corrected chi connectivity index (χ3v) is 7.04. The van der Waals surface area contributed by atoms with E-state index < -0.39 is 6.10 Å². The molecule has 1 aliphatic rings. The third-order valence-electron chi connectivity index (χ3n) is 6.19. The maximum absolute atomic E-state index is 6.57. The van der Waals surface area contributed by atoms with E-state index in [1.54, 1.807) is 17.8 Å². The van der Waals surface area contributed by atoms with Crippen molar-refractivity contribution in [3.63, 3.8) is 0 Å². The Morgan fingerprint density at radius 3 is 1.73 bits per heavy atom. The lowest BCUT2D eigenvalue weighted by atomic mass is 9.99. The number of thioether (sulfide) groups is 1. The van der Waals surface area contributed by atoms with E-state index in [0.717, 1.165) is 16.7 Å². The number of hydrogen-bond donors (Lipinski definition) is 0. The molecule has 196 valence electrons. The second kappa shape index (κ2) is 15.1. The molecule has 0 saturated carbocycles. The molecule has 3 unspecified atom stereocenters. The van der Waals surface area contributed by atoms with Gasteiger partial charge in [0, 0.05) is 0 Å². The molecule has 1 fully saturated rings. The molecule has 5 nitrogen and oxygen atoms in total. The third kappa shape index (κ3) is 8.27. The molecule has 0 radical (unpaired) electrons. The summed E-state index contributed by atoms with van der Waals surface area (Å²) in [6.07, 6.45) is 2.37. The van der Waals surface area contributed by atoms with Gasteiger partial charge in [-0.05, 0) is 22.9 Å². The first-order chi connectivity index (χ1) is 18.3. The smallest absolute Gasteiger partial charge is 0.132 e. The summed E-state index contributed by atoms with van der Waals surface area (Å²) in [5.74, 6) is 0. The van der Waals surface area contributed by atoms with Crippen LogP contribution in [0, 0.1) is 0 Å². The molecule has 3 aromatic carbocycles.